The van der Waals surface area contributed by atoms with Gasteiger partial charge in [-0.15, -0.1) is 0 Å². The number of hydrogen-bond acceptors (Lipinski definition) is 5. The van der Waals surface area contributed by atoms with Crippen LogP contribution < -0.4 is 14.8 Å². The Labute approximate surface area is 169 Å². The van der Waals surface area contributed by atoms with Crippen molar-refractivity contribution in [1.29, 1.82) is 0 Å². The monoisotopic (exact) mass is 396 g/mol. The van der Waals surface area contributed by atoms with Gasteiger partial charge in [-0.2, -0.15) is 0 Å². The van der Waals surface area contributed by atoms with E-state index < -0.39 is 0 Å². The van der Waals surface area contributed by atoms with Gasteiger partial charge in [-0.1, -0.05) is 25.5 Å². The first-order chi connectivity index (χ1) is 13.6. The predicted octanol–water partition coefficient (Wildman–Crippen LogP) is 4.94. The van der Waals surface area contributed by atoms with Gasteiger partial charge < -0.3 is 14.8 Å². The molecule has 0 saturated carbocycles. The molecule has 5 nitrogen and oxygen atoms in total. The second kappa shape index (κ2) is 9.46. The van der Waals surface area contributed by atoms with Crippen LogP contribution >= 0.6 is 11.8 Å². The fraction of sp³-hybridized carbons (Fsp3) is 0.273. The van der Waals surface area contributed by atoms with Crippen LogP contribution in [0.5, 0.6) is 11.5 Å². The van der Waals surface area contributed by atoms with Crippen molar-refractivity contribution in [3.05, 3.63) is 58.5 Å². The Morgan fingerprint density at radius 2 is 1.89 bits per heavy atom. The zero-order chi connectivity index (χ0) is 19.9. The molecule has 1 saturated heterocycles. The summed E-state index contributed by atoms with van der Waals surface area (Å²) in [4.78, 5) is 17.5. The van der Waals surface area contributed by atoms with Gasteiger partial charge in [0.2, 0.25) is 0 Å². The number of thioether (sulfide) groups is 1. The van der Waals surface area contributed by atoms with Gasteiger partial charge in [-0.3, -0.25) is 4.79 Å². The van der Waals surface area contributed by atoms with Crippen LogP contribution in [0.4, 0.5) is 5.69 Å². The number of ether oxygens (including phenoxy) is 2. The minimum atomic E-state index is -0.173. The molecule has 28 heavy (non-hydrogen) atoms. The number of benzene rings is 2. The average Bonchev–Trinajstić information content (AvgIpc) is 3.06. The van der Waals surface area contributed by atoms with Crippen LogP contribution in [-0.2, 0) is 11.2 Å². The molecule has 0 unspecified atom stereocenters. The number of rotatable bonds is 7. The molecule has 6 heteroatoms. The van der Waals surface area contributed by atoms with E-state index >= 15 is 0 Å². The normalized spacial score (nSPS) is 16.5. The van der Waals surface area contributed by atoms with E-state index in [1.807, 2.05) is 30.3 Å². The number of nitrogens with zero attached hydrogens (tertiary/aromatic N) is 1. The maximum Gasteiger partial charge on any atom is 0.264 e. The fourth-order valence-electron chi connectivity index (χ4n) is 2.81. The minimum absolute atomic E-state index is 0.173. The van der Waals surface area contributed by atoms with Gasteiger partial charge in [-0.05, 0) is 66.6 Å². The molecule has 1 aliphatic heterocycles. The zero-order valence-electron chi connectivity index (χ0n) is 16.3. The Kier molecular flexibility index (Phi) is 6.76. The number of amidine groups is 1. The van der Waals surface area contributed by atoms with Crippen molar-refractivity contribution in [3.8, 4) is 11.5 Å². The highest BCUT2D eigenvalue weighted by Crippen LogP contribution is 2.32. The third kappa shape index (κ3) is 4.95. The summed E-state index contributed by atoms with van der Waals surface area (Å²) >= 11 is 1.31. The Morgan fingerprint density at radius 3 is 2.57 bits per heavy atom. The van der Waals surface area contributed by atoms with E-state index in [4.69, 9.17) is 9.47 Å². The molecular formula is C22H24N2O3S. The SMILES string of the molecule is CCCCc1ccc(N=C2NC(=O)C(=Cc3cc(OC)ccc3OC)S2)cc1. The molecule has 1 aliphatic rings. The third-order valence-corrected chi connectivity index (χ3v) is 5.27. The molecule has 0 bridgehead atoms. The van der Waals surface area contributed by atoms with Gasteiger partial charge in [0.1, 0.15) is 11.5 Å². The third-order valence-electron chi connectivity index (χ3n) is 4.36. The lowest BCUT2D eigenvalue weighted by molar-refractivity contribution is -0.115. The Hall–Kier alpha value is -2.73. The van der Waals surface area contributed by atoms with Crippen molar-refractivity contribution in [1.82, 2.24) is 5.32 Å². The number of methoxy groups -OCH3 is 2. The molecule has 2 aromatic carbocycles. The summed E-state index contributed by atoms with van der Waals surface area (Å²) in [5.41, 5.74) is 2.91. The maximum atomic E-state index is 12.4. The van der Waals surface area contributed by atoms with Crippen LogP contribution in [0.2, 0.25) is 0 Å². The highest BCUT2D eigenvalue weighted by molar-refractivity contribution is 8.18. The summed E-state index contributed by atoms with van der Waals surface area (Å²) in [6.45, 7) is 2.19. The Morgan fingerprint density at radius 1 is 1.11 bits per heavy atom. The van der Waals surface area contributed by atoms with Gasteiger partial charge in [0.15, 0.2) is 5.17 Å². The van der Waals surface area contributed by atoms with E-state index in [0.29, 0.717) is 21.6 Å². The van der Waals surface area contributed by atoms with Crippen molar-refractivity contribution >= 4 is 34.6 Å². The van der Waals surface area contributed by atoms with Gasteiger partial charge in [0.05, 0.1) is 24.8 Å². The highest BCUT2D eigenvalue weighted by atomic mass is 32.2. The van der Waals surface area contributed by atoms with Crippen LogP contribution in [0.15, 0.2) is 52.4 Å². The molecule has 3 rings (SSSR count). The molecule has 0 atom stereocenters. The van der Waals surface area contributed by atoms with Crippen molar-refractivity contribution in [3.63, 3.8) is 0 Å². The molecule has 146 valence electrons. The first kappa shape index (κ1) is 20.0. The van der Waals surface area contributed by atoms with E-state index in [1.54, 1.807) is 20.3 Å². The maximum absolute atomic E-state index is 12.4. The molecule has 1 heterocycles. The van der Waals surface area contributed by atoms with Crippen molar-refractivity contribution in [2.75, 3.05) is 14.2 Å². The largest absolute Gasteiger partial charge is 0.497 e. The fourth-order valence-corrected chi connectivity index (χ4v) is 3.64. The lowest BCUT2D eigenvalue weighted by Crippen LogP contribution is -2.19. The van der Waals surface area contributed by atoms with E-state index in [0.717, 1.165) is 17.7 Å². The van der Waals surface area contributed by atoms with Gasteiger partial charge in [-0.25, -0.2) is 4.99 Å². The van der Waals surface area contributed by atoms with E-state index in [2.05, 4.69) is 29.4 Å². The first-order valence-corrected chi connectivity index (χ1v) is 10.0. The molecule has 2 aromatic rings. The number of aryl methyl sites for hydroxylation is 1. The van der Waals surface area contributed by atoms with Crippen molar-refractivity contribution in [2.24, 2.45) is 4.99 Å². The predicted molar refractivity (Wildman–Crippen MR) is 115 cm³/mol. The zero-order valence-corrected chi connectivity index (χ0v) is 17.1. The number of nitrogens with one attached hydrogen (secondary N) is 1. The van der Waals surface area contributed by atoms with Crippen LogP contribution in [0.25, 0.3) is 6.08 Å². The highest BCUT2D eigenvalue weighted by Gasteiger charge is 2.24. The lowest BCUT2D eigenvalue weighted by Gasteiger charge is -2.07. The number of aliphatic imine (C=N–C) groups is 1. The summed E-state index contributed by atoms with van der Waals surface area (Å²) < 4.78 is 10.6. The standard InChI is InChI=1S/C22H24N2O3S/c1-4-5-6-15-7-9-17(10-8-15)23-22-24-21(25)20(28-22)14-16-13-18(26-2)11-12-19(16)27-3/h7-14H,4-6H2,1-3H3,(H,23,24,25). The van der Waals surface area contributed by atoms with Crippen molar-refractivity contribution < 1.29 is 14.3 Å². The quantitative estimate of drug-likeness (QED) is 0.674. The smallest absolute Gasteiger partial charge is 0.264 e. The number of carbonyl (C=O) groups excluding carboxylic acids is 1. The Bertz CT molecular complexity index is 904. The van der Waals surface area contributed by atoms with Crippen LogP contribution in [0, 0.1) is 0 Å². The molecule has 0 spiro atoms. The molecule has 1 N–H and O–H groups in total. The second-order valence-electron chi connectivity index (χ2n) is 6.36. The lowest BCUT2D eigenvalue weighted by atomic mass is 10.1. The molecule has 1 amide bonds. The van der Waals surface area contributed by atoms with Gasteiger partial charge in [0, 0.05) is 5.56 Å². The van der Waals surface area contributed by atoms with Crippen LogP contribution in [0.1, 0.15) is 30.9 Å². The number of unbranched alkanes of at least 4 members (excludes halogenated alkanes) is 1. The topological polar surface area (TPSA) is 59.9 Å². The van der Waals surface area contributed by atoms with E-state index in [-0.39, 0.29) is 5.91 Å². The van der Waals surface area contributed by atoms with Crippen molar-refractivity contribution in [2.45, 2.75) is 26.2 Å². The summed E-state index contributed by atoms with van der Waals surface area (Å²) in [5, 5.41) is 3.39. The number of amides is 1. The summed E-state index contributed by atoms with van der Waals surface area (Å²) in [5.74, 6) is 1.20. The van der Waals surface area contributed by atoms with E-state index in [9.17, 15) is 4.79 Å². The number of carbonyl (C=O) groups is 1. The molecule has 0 aromatic heterocycles. The summed E-state index contributed by atoms with van der Waals surface area (Å²) in [6, 6.07) is 13.6. The average molecular weight is 397 g/mol. The first-order valence-electron chi connectivity index (χ1n) is 9.23. The van der Waals surface area contributed by atoms with Gasteiger partial charge >= 0.3 is 0 Å². The minimum Gasteiger partial charge on any atom is -0.497 e. The van der Waals surface area contributed by atoms with Gasteiger partial charge in [0.25, 0.3) is 5.91 Å². The molecule has 0 aliphatic carbocycles. The Balaban J connectivity index is 1.78. The molecule has 0 radical (unpaired) electrons. The number of hydrogen-bond donors (Lipinski definition) is 1. The second-order valence-corrected chi connectivity index (χ2v) is 7.39. The van der Waals surface area contributed by atoms with Crippen LogP contribution in [0.3, 0.4) is 0 Å². The van der Waals surface area contributed by atoms with E-state index in [1.165, 1.54) is 30.2 Å². The summed E-state index contributed by atoms with van der Waals surface area (Å²) in [7, 11) is 3.21. The molecular weight excluding hydrogens is 372 g/mol. The molecule has 1 fully saturated rings. The van der Waals surface area contributed by atoms with Crippen LogP contribution in [-0.4, -0.2) is 25.3 Å². The summed E-state index contributed by atoms with van der Waals surface area (Å²) in [6.07, 6.45) is 5.23.